The summed E-state index contributed by atoms with van der Waals surface area (Å²) < 4.78 is 1.86. The Bertz CT molecular complexity index is 1620. The van der Waals surface area contributed by atoms with Crippen molar-refractivity contribution in [2.24, 2.45) is 0 Å². The van der Waals surface area contributed by atoms with E-state index in [1.54, 1.807) is 53.4 Å². The zero-order valence-electron chi connectivity index (χ0n) is 19.9. The number of halogens is 2. The topological polar surface area (TPSA) is 71.1 Å². The van der Waals surface area contributed by atoms with E-state index >= 15 is 0 Å². The summed E-state index contributed by atoms with van der Waals surface area (Å²) in [4.78, 5) is 30.7. The number of fused-ring (bicyclic) bond motifs is 1. The van der Waals surface area contributed by atoms with Crippen LogP contribution in [-0.2, 0) is 12.3 Å². The van der Waals surface area contributed by atoms with Crippen LogP contribution in [0.5, 0.6) is 0 Å². The summed E-state index contributed by atoms with van der Waals surface area (Å²) in [6.45, 7) is 0.378. The molecule has 0 aliphatic carbocycles. The molecule has 0 saturated heterocycles. The quantitative estimate of drug-likeness (QED) is 0.183. The summed E-state index contributed by atoms with van der Waals surface area (Å²) in [5.74, 6) is 0.0540. The molecular formula is C29H21Cl2N3O2S2. The largest absolute Gasteiger partial charge is 0.348 e. The minimum atomic E-state index is -0.353. The molecule has 0 unspecified atom stereocenters. The number of aromatic nitrogens is 1. The average Bonchev–Trinajstić information content (AvgIpc) is 3.35. The minimum absolute atomic E-state index is 0.304. The number of carbonyl (C=O) groups is 2. The second-order valence-electron chi connectivity index (χ2n) is 8.37. The molecule has 0 radical (unpaired) electrons. The van der Waals surface area contributed by atoms with Crippen LogP contribution >= 0.6 is 46.3 Å². The van der Waals surface area contributed by atoms with Crippen molar-refractivity contribution in [1.29, 1.82) is 0 Å². The van der Waals surface area contributed by atoms with Crippen molar-refractivity contribution >= 4 is 74.0 Å². The Balaban J connectivity index is 1.26. The van der Waals surface area contributed by atoms with Gasteiger partial charge in [0.05, 0.1) is 31.4 Å². The number of amides is 2. The number of thioether (sulfide) groups is 1. The maximum absolute atomic E-state index is 13.1. The van der Waals surface area contributed by atoms with E-state index in [2.05, 4.69) is 15.6 Å². The Kier molecular flexibility index (Phi) is 8.29. The maximum Gasteiger partial charge on any atom is 0.256 e. The van der Waals surface area contributed by atoms with Crippen LogP contribution in [0.1, 0.15) is 31.8 Å². The Morgan fingerprint density at radius 1 is 0.789 bits per heavy atom. The number of nitrogens with one attached hydrogen (secondary N) is 2. The van der Waals surface area contributed by atoms with Crippen LogP contribution in [0.3, 0.4) is 0 Å². The van der Waals surface area contributed by atoms with Gasteiger partial charge in [-0.25, -0.2) is 4.98 Å². The van der Waals surface area contributed by atoms with Crippen LogP contribution in [0.2, 0.25) is 10.0 Å². The lowest BCUT2D eigenvalue weighted by molar-refractivity contribution is 0.0938. The van der Waals surface area contributed by atoms with Crippen molar-refractivity contribution in [2.75, 3.05) is 5.32 Å². The van der Waals surface area contributed by atoms with E-state index in [0.29, 0.717) is 39.2 Å². The summed E-state index contributed by atoms with van der Waals surface area (Å²) in [7, 11) is 0. The van der Waals surface area contributed by atoms with E-state index in [-0.39, 0.29) is 11.8 Å². The molecule has 0 bridgehead atoms. The number of benzene rings is 4. The Morgan fingerprint density at radius 2 is 1.53 bits per heavy atom. The first-order valence-corrected chi connectivity index (χ1v) is 14.2. The van der Waals surface area contributed by atoms with E-state index in [1.807, 2.05) is 60.7 Å². The van der Waals surface area contributed by atoms with Gasteiger partial charge in [0.15, 0.2) is 4.34 Å². The second-order valence-corrected chi connectivity index (χ2v) is 11.4. The summed E-state index contributed by atoms with van der Waals surface area (Å²) >= 11 is 15.3. The third kappa shape index (κ3) is 6.37. The van der Waals surface area contributed by atoms with Crippen LogP contribution in [0.25, 0.3) is 10.2 Å². The van der Waals surface area contributed by atoms with Crippen molar-refractivity contribution in [2.45, 2.75) is 16.6 Å². The van der Waals surface area contributed by atoms with Crippen LogP contribution in [0, 0.1) is 0 Å². The summed E-state index contributed by atoms with van der Waals surface area (Å²) in [5.41, 5.74) is 4.15. The van der Waals surface area contributed by atoms with Crippen molar-refractivity contribution < 1.29 is 9.59 Å². The lowest BCUT2D eigenvalue weighted by Gasteiger charge is -2.11. The molecule has 0 saturated carbocycles. The van der Waals surface area contributed by atoms with Gasteiger partial charge in [0.1, 0.15) is 0 Å². The molecule has 1 aromatic heterocycles. The predicted octanol–water partition coefficient (Wildman–Crippen LogP) is 8.08. The molecule has 0 fully saturated rings. The molecule has 1 heterocycles. The van der Waals surface area contributed by atoms with Crippen molar-refractivity contribution in [3.8, 4) is 0 Å². The fourth-order valence-corrected chi connectivity index (χ4v) is 6.14. The van der Waals surface area contributed by atoms with E-state index in [9.17, 15) is 9.59 Å². The monoisotopic (exact) mass is 577 g/mol. The van der Waals surface area contributed by atoms with E-state index in [1.165, 1.54) is 0 Å². The molecule has 0 atom stereocenters. The Morgan fingerprint density at radius 3 is 2.29 bits per heavy atom. The van der Waals surface area contributed by atoms with Crippen molar-refractivity contribution in [3.63, 3.8) is 0 Å². The molecule has 4 aromatic carbocycles. The zero-order chi connectivity index (χ0) is 26.5. The maximum atomic E-state index is 13.1. The van der Waals surface area contributed by atoms with Crippen molar-refractivity contribution in [1.82, 2.24) is 10.3 Å². The molecular weight excluding hydrogens is 557 g/mol. The van der Waals surface area contributed by atoms with Gasteiger partial charge in [-0.3, -0.25) is 9.59 Å². The number of anilines is 1. The van der Waals surface area contributed by atoms with Gasteiger partial charge in [-0.1, -0.05) is 83.5 Å². The first kappa shape index (κ1) is 26.3. The molecule has 5 rings (SSSR count). The van der Waals surface area contributed by atoms with Gasteiger partial charge in [-0.2, -0.15) is 0 Å². The number of nitrogens with zero attached hydrogens (tertiary/aromatic N) is 1. The highest BCUT2D eigenvalue weighted by atomic mass is 35.5. The first-order chi connectivity index (χ1) is 18.5. The Labute approximate surface area is 238 Å². The third-order valence-corrected chi connectivity index (χ3v) is 8.66. The highest BCUT2D eigenvalue weighted by molar-refractivity contribution is 8.00. The van der Waals surface area contributed by atoms with Gasteiger partial charge in [0, 0.05) is 18.0 Å². The van der Waals surface area contributed by atoms with Gasteiger partial charge in [0.2, 0.25) is 0 Å². The van der Waals surface area contributed by atoms with Gasteiger partial charge >= 0.3 is 0 Å². The van der Waals surface area contributed by atoms with Crippen LogP contribution in [-0.4, -0.2) is 16.8 Å². The van der Waals surface area contributed by atoms with Crippen molar-refractivity contribution in [3.05, 3.63) is 123 Å². The summed E-state index contributed by atoms with van der Waals surface area (Å²) in [6.07, 6.45) is 0. The molecule has 190 valence electrons. The number of carbonyl (C=O) groups excluding carboxylic acids is 2. The molecule has 0 aliphatic rings. The highest BCUT2D eigenvalue weighted by Crippen LogP contribution is 2.34. The van der Waals surface area contributed by atoms with E-state index in [0.717, 1.165) is 25.7 Å². The molecule has 5 aromatic rings. The number of thiazole rings is 1. The minimum Gasteiger partial charge on any atom is -0.348 e. The second kappa shape index (κ2) is 12.0. The van der Waals surface area contributed by atoms with Crippen LogP contribution in [0.15, 0.2) is 95.3 Å². The molecule has 2 amide bonds. The van der Waals surface area contributed by atoms with E-state index in [4.69, 9.17) is 23.2 Å². The number of hydrogen-bond acceptors (Lipinski definition) is 5. The SMILES string of the molecule is O=C(NCc1ccccc1)c1ccccc1C(=O)Nc1ccc2nc(SCc3ccc(Cl)c(Cl)c3)sc2c1. The molecule has 38 heavy (non-hydrogen) atoms. The normalized spacial score (nSPS) is 10.9. The lowest BCUT2D eigenvalue weighted by atomic mass is 10.1. The predicted molar refractivity (Wildman–Crippen MR) is 158 cm³/mol. The zero-order valence-corrected chi connectivity index (χ0v) is 23.1. The molecule has 5 nitrogen and oxygen atoms in total. The lowest BCUT2D eigenvalue weighted by Crippen LogP contribution is -2.26. The summed E-state index contributed by atoms with van der Waals surface area (Å²) in [5, 5.41) is 6.88. The fraction of sp³-hybridized carbons (Fsp3) is 0.0690. The fourth-order valence-electron chi connectivity index (χ4n) is 3.77. The third-order valence-electron chi connectivity index (χ3n) is 5.69. The molecule has 0 aliphatic heterocycles. The number of hydrogen-bond donors (Lipinski definition) is 2. The standard InChI is InChI=1S/C29H21Cl2N3O2S2/c30-23-12-10-19(14-24(23)31)17-37-29-34-25-13-11-20(15-26(25)38-29)33-28(36)22-9-5-4-8-21(22)27(35)32-16-18-6-2-1-3-7-18/h1-15H,16-17H2,(H,32,35)(H,33,36). The van der Waals surface area contributed by atoms with Crippen LogP contribution in [0.4, 0.5) is 5.69 Å². The van der Waals surface area contributed by atoms with Gasteiger partial charge in [-0.15, -0.1) is 11.3 Å². The highest BCUT2D eigenvalue weighted by Gasteiger charge is 2.17. The molecule has 9 heteroatoms. The summed E-state index contributed by atoms with van der Waals surface area (Å²) in [6, 6.07) is 27.6. The van der Waals surface area contributed by atoms with Gasteiger partial charge in [-0.05, 0) is 53.6 Å². The van der Waals surface area contributed by atoms with E-state index < -0.39 is 0 Å². The van der Waals surface area contributed by atoms with Crippen LogP contribution < -0.4 is 10.6 Å². The first-order valence-electron chi connectivity index (χ1n) is 11.7. The van der Waals surface area contributed by atoms with Gasteiger partial charge in [0.25, 0.3) is 11.8 Å². The average molecular weight is 579 g/mol. The molecule has 2 N–H and O–H groups in total. The number of rotatable bonds is 8. The smallest absolute Gasteiger partial charge is 0.256 e. The Hall–Kier alpha value is -3.36. The van der Waals surface area contributed by atoms with Gasteiger partial charge < -0.3 is 10.6 Å². The molecule has 0 spiro atoms.